The van der Waals surface area contributed by atoms with E-state index in [0.717, 1.165) is 5.56 Å². The number of ether oxygens (including phenoxy) is 1. The zero-order valence-electron chi connectivity index (χ0n) is 16.4. The monoisotopic (exact) mass is 394 g/mol. The van der Waals surface area contributed by atoms with Gasteiger partial charge in [0.1, 0.15) is 17.3 Å². The van der Waals surface area contributed by atoms with Gasteiger partial charge in [-0.25, -0.2) is 14.4 Å². The number of benzene rings is 2. The van der Waals surface area contributed by atoms with E-state index in [1.807, 2.05) is 24.3 Å². The molecule has 29 heavy (non-hydrogen) atoms. The molecule has 7 heteroatoms. The molecule has 0 saturated carbocycles. The minimum Gasteiger partial charge on any atom is -0.496 e. The van der Waals surface area contributed by atoms with Crippen molar-refractivity contribution < 1.29 is 13.9 Å². The molecule has 0 aliphatic carbocycles. The fraction of sp³-hybridized carbons (Fsp3) is 0.227. The third-order valence-electron chi connectivity index (χ3n) is 4.35. The van der Waals surface area contributed by atoms with Crippen molar-refractivity contribution in [3.05, 3.63) is 82.9 Å². The van der Waals surface area contributed by atoms with Crippen LogP contribution in [0, 0.1) is 12.7 Å². The number of hydrogen-bond acceptors (Lipinski definition) is 5. The Morgan fingerprint density at radius 2 is 1.79 bits per heavy atom. The predicted molar refractivity (Wildman–Crippen MR) is 110 cm³/mol. The van der Waals surface area contributed by atoms with Crippen molar-refractivity contribution >= 4 is 11.9 Å². The van der Waals surface area contributed by atoms with E-state index in [-0.39, 0.29) is 17.4 Å². The van der Waals surface area contributed by atoms with Gasteiger partial charge in [-0.3, -0.25) is 4.79 Å². The summed E-state index contributed by atoms with van der Waals surface area (Å²) in [6, 6.07) is 15.7. The molecule has 0 bridgehead atoms. The van der Waals surface area contributed by atoms with Gasteiger partial charge in [0.15, 0.2) is 0 Å². The molecule has 3 rings (SSSR count). The largest absolute Gasteiger partial charge is 0.496 e. The van der Waals surface area contributed by atoms with Gasteiger partial charge in [0.05, 0.1) is 7.11 Å². The van der Waals surface area contributed by atoms with Crippen LogP contribution in [0.3, 0.4) is 0 Å². The number of rotatable bonds is 8. The Balaban J connectivity index is 1.62. The Morgan fingerprint density at radius 1 is 1.07 bits per heavy atom. The maximum Gasteiger partial charge on any atom is 0.270 e. The van der Waals surface area contributed by atoms with Crippen LogP contribution in [0.5, 0.6) is 5.75 Å². The van der Waals surface area contributed by atoms with E-state index in [9.17, 15) is 9.18 Å². The van der Waals surface area contributed by atoms with E-state index in [0.29, 0.717) is 42.5 Å². The Kier molecular flexibility index (Phi) is 6.73. The molecule has 6 nitrogen and oxygen atoms in total. The molecule has 0 spiro atoms. The summed E-state index contributed by atoms with van der Waals surface area (Å²) in [4.78, 5) is 21.1. The Labute approximate surface area is 169 Å². The number of nitrogens with one attached hydrogen (secondary N) is 2. The third-order valence-corrected chi connectivity index (χ3v) is 4.35. The number of carbonyl (C=O) groups excluding carboxylic acids is 1. The standard InChI is InChI=1S/C22H23FN4O2/c1-15-13-19(21(28)25-14-17-8-4-6-10-20(17)29-2)27-22(26-15)24-12-11-16-7-3-5-9-18(16)23/h3-10,13H,11-12,14H2,1-2H3,(H,25,28)(H,24,26,27). The van der Waals surface area contributed by atoms with Crippen LogP contribution in [0.1, 0.15) is 27.3 Å². The number of hydrogen-bond donors (Lipinski definition) is 2. The van der Waals surface area contributed by atoms with E-state index in [4.69, 9.17) is 4.74 Å². The van der Waals surface area contributed by atoms with E-state index in [2.05, 4.69) is 20.6 Å². The summed E-state index contributed by atoms with van der Waals surface area (Å²) in [6.45, 7) is 2.56. The normalized spacial score (nSPS) is 10.4. The van der Waals surface area contributed by atoms with E-state index >= 15 is 0 Å². The Morgan fingerprint density at radius 3 is 2.55 bits per heavy atom. The average Bonchev–Trinajstić information content (AvgIpc) is 2.73. The first-order chi connectivity index (χ1) is 14.1. The first-order valence-electron chi connectivity index (χ1n) is 9.30. The van der Waals surface area contributed by atoms with Gasteiger partial charge in [-0.1, -0.05) is 36.4 Å². The molecule has 3 aromatic rings. The lowest BCUT2D eigenvalue weighted by atomic mass is 10.1. The number of nitrogens with zero attached hydrogens (tertiary/aromatic N) is 2. The summed E-state index contributed by atoms with van der Waals surface area (Å²) >= 11 is 0. The molecule has 0 aliphatic heterocycles. The van der Waals surface area contributed by atoms with Crippen LogP contribution in [-0.4, -0.2) is 29.5 Å². The number of halogens is 1. The van der Waals surface area contributed by atoms with Gasteiger partial charge < -0.3 is 15.4 Å². The quantitative estimate of drug-likeness (QED) is 0.611. The summed E-state index contributed by atoms with van der Waals surface area (Å²) in [6.07, 6.45) is 0.485. The summed E-state index contributed by atoms with van der Waals surface area (Å²) in [5.41, 5.74) is 2.41. The van der Waals surface area contributed by atoms with Crippen molar-refractivity contribution in [2.45, 2.75) is 19.9 Å². The number of para-hydroxylation sites is 1. The van der Waals surface area contributed by atoms with E-state index in [1.54, 1.807) is 38.3 Å². The molecule has 1 amide bonds. The highest BCUT2D eigenvalue weighted by Crippen LogP contribution is 2.17. The molecule has 0 fully saturated rings. The number of carbonyl (C=O) groups is 1. The van der Waals surface area contributed by atoms with E-state index < -0.39 is 0 Å². The molecule has 0 atom stereocenters. The predicted octanol–water partition coefficient (Wildman–Crippen LogP) is 3.52. The maximum absolute atomic E-state index is 13.7. The fourth-order valence-corrected chi connectivity index (χ4v) is 2.89. The molecule has 1 aromatic heterocycles. The average molecular weight is 394 g/mol. The topological polar surface area (TPSA) is 76.1 Å². The van der Waals surface area contributed by atoms with Gasteiger partial charge in [-0.15, -0.1) is 0 Å². The van der Waals surface area contributed by atoms with Crippen molar-refractivity contribution in [3.8, 4) is 5.75 Å². The highest BCUT2D eigenvalue weighted by molar-refractivity contribution is 5.92. The number of aromatic nitrogens is 2. The van der Waals surface area contributed by atoms with Crippen LogP contribution in [-0.2, 0) is 13.0 Å². The van der Waals surface area contributed by atoms with Gasteiger partial charge in [0, 0.05) is 24.3 Å². The van der Waals surface area contributed by atoms with Gasteiger partial charge in [-0.05, 0) is 37.1 Å². The van der Waals surface area contributed by atoms with Crippen LogP contribution in [0.2, 0.25) is 0 Å². The number of amides is 1. The van der Waals surface area contributed by atoms with Crippen molar-refractivity contribution in [2.24, 2.45) is 0 Å². The highest BCUT2D eigenvalue weighted by Gasteiger charge is 2.12. The molecule has 2 aromatic carbocycles. The summed E-state index contributed by atoms with van der Waals surface area (Å²) < 4.78 is 19.0. The van der Waals surface area contributed by atoms with E-state index in [1.165, 1.54) is 6.07 Å². The second kappa shape index (κ2) is 9.64. The Bertz CT molecular complexity index is 994. The van der Waals surface area contributed by atoms with Gasteiger partial charge in [-0.2, -0.15) is 0 Å². The van der Waals surface area contributed by atoms with Gasteiger partial charge in [0.2, 0.25) is 5.95 Å². The number of anilines is 1. The third kappa shape index (κ3) is 5.51. The van der Waals surface area contributed by atoms with Crippen LogP contribution < -0.4 is 15.4 Å². The minimum absolute atomic E-state index is 0.240. The fourth-order valence-electron chi connectivity index (χ4n) is 2.89. The molecular formula is C22H23FN4O2. The summed E-state index contributed by atoms with van der Waals surface area (Å²) in [7, 11) is 1.59. The lowest BCUT2D eigenvalue weighted by Crippen LogP contribution is -2.25. The summed E-state index contributed by atoms with van der Waals surface area (Å²) in [5, 5.41) is 5.91. The lowest BCUT2D eigenvalue weighted by molar-refractivity contribution is 0.0945. The van der Waals surface area contributed by atoms with Crippen molar-refractivity contribution in [2.75, 3.05) is 19.0 Å². The van der Waals surface area contributed by atoms with Crippen molar-refractivity contribution in [1.29, 1.82) is 0 Å². The molecule has 0 aliphatic rings. The smallest absolute Gasteiger partial charge is 0.270 e. The minimum atomic E-state index is -0.307. The zero-order chi connectivity index (χ0) is 20.6. The lowest BCUT2D eigenvalue weighted by Gasteiger charge is -2.11. The molecule has 0 saturated heterocycles. The van der Waals surface area contributed by atoms with Gasteiger partial charge >= 0.3 is 0 Å². The Hall–Kier alpha value is -3.48. The van der Waals surface area contributed by atoms with Crippen LogP contribution in [0.15, 0.2) is 54.6 Å². The first kappa shape index (κ1) is 20.3. The molecule has 0 unspecified atom stereocenters. The van der Waals surface area contributed by atoms with Crippen molar-refractivity contribution in [1.82, 2.24) is 15.3 Å². The van der Waals surface area contributed by atoms with Crippen LogP contribution >= 0.6 is 0 Å². The molecule has 0 radical (unpaired) electrons. The highest BCUT2D eigenvalue weighted by atomic mass is 19.1. The second-order valence-corrected chi connectivity index (χ2v) is 6.48. The molecule has 1 heterocycles. The number of aryl methyl sites for hydroxylation is 1. The molecule has 150 valence electrons. The zero-order valence-corrected chi connectivity index (χ0v) is 16.4. The molecule has 2 N–H and O–H groups in total. The maximum atomic E-state index is 13.7. The second-order valence-electron chi connectivity index (χ2n) is 6.48. The SMILES string of the molecule is COc1ccccc1CNC(=O)c1cc(C)nc(NCCc2ccccc2F)n1. The number of methoxy groups -OCH3 is 1. The van der Waals surface area contributed by atoms with Gasteiger partial charge in [0.25, 0.3) is 5.91 Å². The first-order valence-corrected chi connectivity index (χ1v) is 9.30. The molecular weight excluding hydrogens is 371 g/mol. The summed E-state index contributed by atoms with van der Waals surface area (Å²) in [5.74, 6) is 0.500. The van der Waals surface area contributed by atoms with Crippen LogP contribution in [0.4, 0.5) is 10.3 Å². The van der Waals surface area contributed by atoms with Crippen LogP contribution in [0.25, 0.3) is 0 Å². The van der Waals surface area contributed by atoms with Crippen molar-refractivity contribution in [3.63, 3.8) is 0 Å².